The van der Waals surface area contributed by atoms with E-state index in [1.807, 2.05) is 0 Å². The van der Waals surface area contributed by atoms with Gasteiger partial charge in [0.15, 0.2) is 0 Å². The smallest absolute Gasteiger partial charge is 0.300 e. The van der Waals surface area contributed by atoms with E-state index in [4.69, 9.17) is 0 Å². The maximum absolute atomic E-state index is 12.8. The highest BCUT2D eigenvalue weighted by Gasteiger charge is 2.36. The van der Waals surface area contributed by atoms with Crippen LogP contribution in [-0.4, -0.2) is 24.5 Å². The minimum atomic E-state index is -4.67. The van der Waals surface area contributed by atoms with E-state index in [1.54, 1.807) is 42.5 Å². The van der Waals surface area contributed by atoms with Crippen molar-refractivity contribution in [2.45, 2.75) is 23.5 Å². The largest absolute Gasteiger partial charge is 0.445 e. The van der Waals surface area contributed by atoms with Crippen LogP contribution < -0.4 is 10.0 Å². The van der Waals surface area contributed by atoms with Crippen molar-refractivity contribution in [2.75, 3.05) is 5.32 Å². The third-order valence-electron chi connectivity index (χ3n) is 3.93. The van der Waals surface area contributed by atoms with Crippen LogP contribution >= 0.6 is 27.3 Å². The second-order valence-electron chi connectivity index (χ2n) is 6.20. The number of amides is 1. The van der Waals surface area contributed by atoms with E-state index in [2.05, 4.69) is 36.2 Å². The molecule has 0 spiro atoms. The van der Waals surface area contributed by atoms with Crippen molar-refractivity contribution in [3.05, 3.63) is 69.6 Å². The molecule has 1 unspecified atom stereocenters. The molecule has 1 amide bonds. The zero-order valence-corrected chi connectivity index (χ0v) is 18.6. The fourth-order valence-corrected chi connectivity index (χ4v) is 4.64. The Bertz CT molecular complexity index is 1150. The summed E-state index contributed by atoms with van der Waals surface area (Å²) in [6.07, 6.45) is -5.05. The normalized spacial score (nSPS) is 13.0. The average Bonchev–Trinajstić information content (AvgIpc) is 3.17. The van der Waals surface area contributed by atoms with Gasteiger partial charge < -0.3 is 5.32 Å². The van der Waals surface area contributed by atoms with Crippen molar-refractivity contribution in [1.29, 1.82) is 0 Å². The Morgan fingerprint density at radius 1 is 1.06 bits per heavy atom. The van der Waals surface area contributed by atoms with E-state index in [0.717, 1.165) is 0 Å². The number of rotatable bonds is 7. The molecule has 0 radical (unpaired) electrons. The summed E-state index contributed by atoms with van der Waals surface area (Å²) in [5, 5.41) is 7.01. The maximum Gasteiger partial charge on any atom is 0.445 e. The summed E-state index contributed by atoms with van der Waals surface area (Å²) in [5.74, 6) is -0.725. The maximum atomic E-state index is 12.8. The molecule has 164 valence electrons. The second kappa shape index (κ2) is 9.42. The van der Waals surface area contributed by atoms with Gasteiger partial charge in [-0.05, 0) is 29.8 Å². The number of hydrogen-bond donors (Lipinski definition) is 2. The van der Waals surface area contributed by atoms with E-state index in [-0.39, 0.29) is 27.8 Å². The lowest BCUT2D eigenvalue weighted by Gasteiger charge is -2.19. The zero-order chi connectivity index (χ0) is 22.6. The number of sulfonamides is 1. The summed E-state index contributed by atoms with van der Waals surface area (Å²) in [4.78, 5) is 12.4. The Morgan fingerprint density at radius 2 is 1.71 bits per heavy atom. The summed E-state index contributed by atoms with van der Waals surface area (Å²) in [6.45, 7) is 0. The molecule has 0 aliphatic carbocycles. The first-order chi connectivity index (χ1) is 14.5. The summed E-state index contributed by atoms with van der Waals surface area (Å²) in [5.41, 5.74) is 0.506. The van der Waals surface area contributed by atoms with Crippen molar-refractivity contribution in [3.8, 4) is 0 Å². The first-order valence-electron chi connectivity index (χ1n) is 8.58. The lowest BCUT2D eigenvalue weighted by Crippen LogP contribution is -2.31. The molecule has 0 saturated carbocycles. The van der Waals surface area contributed by atoms with Gasteiger partial charge in [0, 0.05) is 10.9 Å². The fraction of sp³-hybridized carbons (Fsp3) is 0.167. The molecule has 1 atom stereocenters. The molecule has 2 N–H and O–H groups in total. The number of hydrogen-bond acceptors (Lipinski definition) is 6. The molecule has 0 aliphatic heterocycles. The summed E-state index contributed by atoms with van der Waals surface area (Å²) < 4.78 is 66.7. The molecule has 1 heterocycles. The fourth-order valence-electron chi connectivity index (χ4n) is 2.53. The van der Waals surface area contributed by atoms with E-state index in [1.165, 1.54) is 12.1 Å². The average molecular weight is 535 g/mol. The van der Waals surface area contributed by atoms with E-state index >= 15 is 0 Å². The Kier molecular flexibility index (Phi) is 7.09. The SMILES string of the molecule is O=C(CC(NS(=O)(=O)c1ccc(Br)cc1)c1ccccc1)Nc1nnc(C(F)(F)F)s1. The van der Waals surface area contributed by atoms with Gasteiger partial charge in [-0.2, -0.15) is 13.2 Å². The number of benzene rings is 2. The molecule has 3 rings (SSSR count). The van der Waals surface area contributed by atoms with Gasteiger partial charge in [-0.3, -0.25) is 4.79 Å². The molecule has 0 bridgehead atoms. The van der Waals surface area contributed by atoms with E-state index < -0.39 is 33.2 Å². The molecular formula is C18H14BrF3N4O3S2. The third-order valence-corrected chi connectivity index (χ3v) is 6.83. The molecule has 1 aromatic heterocycles. The topological polar surface area (TPSA) is 101 Å². The van der Waals surface area contributed by atoms with Gasteiger partial charge in [0.2, 0.25) is 26.1 Å². The first kappa shape index (κ1) is 23.3. The van der Waals surface area contributed by atoms with Gasteiger partial charge in [-0.15, -0.1) is 10.2 Å². The monoisotopic (exact) mass is 534 g/mol. The molecule has 3 aromatic rings. The first-order valence-corrected chi connectivity index (χ1v) is 11.7. The number of nitrogens with one attached hydrogen (secondary N) is 2. The Hall–Kier alpha value is -2.35. The molecule has 0 aliphatic rings. The van der Waals surface area contributed by atoms with Crippen molar-refractivity contribution in [2.24, 2.45) is 0 Å². The van der Waals surface area contributed by atoms with Crippen molar-refractivity contribution in [1.82, 2.24) is 14.9 Å². The minimum absolute atomic E-state index is 0.00372. The molecule has 0 saturated heterocycles. The second-order valence-corrected chi connectivity index (χ2v) is 9.81. The van der Waals surface area contributed by atoms with Gasteiger partial charge in [0.05, 0.1) is 10.9 Å². The number of carbonyl (C=O) groups is 1. The van der Waals surface area contributed by atoms with Crippen LogP contribution in [0.15, 0.2) is 64.0 Å². The number of aromatic nitrogens is 2. The van der Waals surface area contributed by atoms with Gasteiger partial charge in [0.1, 0.15) is 0 Å². The van der Waals surface area contributed by atoms with Gasteiger partial charge >= 0.3 is 6.18 Å². The van der Waals surface area contributed by atoms with Crippen LogP contribution in [0.5, 0.6) is 0 Å². The molecule has 31 heavy (non-hydrogen) atoms. The van der Waals surface area contributed by atoms with Gasteiger partial charge in [-0.25, -0.2) is 13.1 Å². The molecule has 2 aromatic carbocycles. The van der Waals surface area contributed by atoms with Crippen molar-refractivity contribution >= 4 is 48.3 Å². The number of nitrogens with zero attached hydrogens (tertiary/aromatic N) is 2. The van der Waals surface area contributed by atoms with Gasteiger partial charge in [0.25, 0.3) is 0 Å². The number of anilines is 1. The highest BCUT2D eigenvalue weighted by molar-refractivity contribution is 9.10. The highest BCUT2D eigenvalue weighted by atomic mass is 79.9. The van der Waals surface area contributed by atoms with Crippen LogP contribution in [0.25, 0.3) is 0 Å². The van der Waals surface area contributed by atoms with E-state index in [9.17, 15) is 26.4 Å². The van der Waals surface area contributed by atoms with Crippen LogP contribution in [0.1, 0.15) is 23.0 Å². The van der Waals surface area contributed by atoms with Crippen LogP contribution in [-0.2, 0) is 21.0 Å². The summed E-state index contributed by atoms with van der Waals surface area (Å²) in [6, 6.07) is 13.3. The van der Waals surface area contributed by atoms with Gasteiger partial charge in [-0.1, -0.05) is 57.6 Å². The Balaban J connectivity index is 1.79. The molecule has 13 heteroatoms. The number of alkyl halides is 3. The molecule has 0 fully saturated rings. The van der Waals surface area contributed by atoms with Crippen molar-refractivity contribution < 1.29 is 26.4 Å². The van der Waals surface area contributed by atoms with Crippen LogP contribution in [0.2, 0.25) is 0 Å². The molecule has 7 nitrogen and oxygen atoms in total. The van der Waals surface area contributed by atoms with Crippen LogP contribution in [0, 0.1) is 0 Å². The zero-order valence-electron chi connectivity index (χ0n) is 15.4. The third kappa shape index (κ3) is 6.32. The Morgan fingerprint density at radius 3 is 2.29 bits per heavy atom. The predicted molar refractivity (Wildman–Crippen MR) is 112 cm³/mol. The van der Waals surface area contributed by atoms with Crippen LogP contribution in [0.3, 0.4) is 0 Å². The number of carbonyl (C=O) groups excluding carboxylic acids is 1. The minimum Gasteiger partial charge on any atom is -0.300 e. The predicted octanol–water partition coefficient (Wildman–Crippen LogP) is 4.37. The lowest BCUT2D eigenvalue weighted by molar-refractivity contribution is -0.138. The number of halogens is 4. The highest BCUT2D eigenvalue weighted by Crippen LogP contribution is 2.33. The Labute approximate surface area is 187 Å². The lowest BCUT2D eigenvalue weighted by atomic mass is 10.0. The summed E-state index contributed by atoms with van der Waals surface area (Å²) in [7, 11) is -3.98. The quantitative estimate of drug-likeness (QED) is 0.468. The standard InChI is InChI=1S/C18H14BrF3N4O3S2/c19-12-6-8-13(9-7-12)31(28,29)26-14(11-4-2-1-3-5-11)10-15(27)23-17-25-24-16(30-17)18(20,21)22/h1-9,14,26H,10H2,(H,23,25,27). The van der Waals surface area contributed by atoms with E-state index in [0.29, 0.717) is 10.0 Å². The van der Waals surface area contributed by atoms with Crippen molar-refractivity contribution in [3.63, 3.8) is 0 Å². The molecular weight excluding hydrogens is 521 g/mol. The summed E-state index contributed by atoms with van der Waals surface area (Å²) >= 11 is 3.41. The van der Waals surface area contributed by atoms with Crippen LogP contribution in [0.4, 0.5) is 18.3 Å².